The summed E-state index contributed by atoms with van der Waals surface area (Å²) in [6.07, 6.45) is 1.92. The van der Waals surface area contributed by atoms with Crippen LogP contribution in [-0.4, -0.2) is 42.1 Å². The van der Waals surface area contributed by atoms with Crippen LogP contribution in [0.4, 0.5) is 0 Å². The van der Waals surface area contributed by atoms with Gasteiger partial charge in [-0.15, -0.1) is 23.5 Å². The zero-order chi connectivity index (χ0) is 17.2. The van der Waals surface area contributed by atoms with E-state index in [1.54, 1.807) is 23.5 Å². The summed E-state index contributed by atoms with van der Waals surface area (Å²) < 4.78 is 11.8. The van der Waals surface area contributed by atoms with Crippen molar-refractivity contribution in [3.05, 3.63) is 54.1 Å². The first-order valence-corrected chi connectivity index (χ1v) is 10.5. The standard InChI is InChI=1S/C19H19NO3S2/c1-24-15-8-6-13(7-9-15)19-20(18(21)12-25-19)10-14-11-22-16-4-2-3-5-17(16)23-14/h2-9,14,19H,10-12H2,1H3/t14-,19+/m0/s1. The first kappa shape index (κ1) is 16.7. The summed E-state index contributed by atoms with van der Waals surface area (Å²) in [5.74, 6) is 2.19. The normalized spacial score (nSPS) is 22.3. The van der Waals surface area contributed by atoms with Gasteiger partial charge < -0.3 is 14.4 Å². The second kappa shape index (κ2) is 7.22. The maximum atomic E-state index is 12.4. The molecule has 130 valence electrons. The number of ether oxygens (including phenoxy) is 2. The van der Waals surface area contributed by atoms with Crippen LogP contribution < -0.4 is 9.47 Å². The lowest BCUT2D eigenvalue weighted by atomic mass is 10.2. The van der Waals surface area contributed by atoms with Gasteiger partial charge in [0.1, 0.15) is 12.0 Å². The molecule has 2 atom stereocenters. The minimum Gasteiger partial charge on any atom is -0.486 e. The van der Waals surface area contributed by atoms with Gasteiger partial charge in [-0.05, 0) is 36.1 Å². The third-order valence-corrected chi connectivity index (χ3v) is 6.34. The Kier molecular flexibility index (Phi) is 4.81. The quantitative estimate of drug-likeness (QED) is 0.762. The molecule has 0 saturated carbocycles. The Bertz CT molecular complexity index is 766. The van der Waals surface area contributed by atoms with Crippen molar-refractivity contribution in [1.82, 2.24) is 4.90 Å². The van der Waals surface area contributed by atoms with E-state index < -0.39 is 0 Å². The number of benzene rings is 2. The molecule has 2 aromatic rings. The van der Waals surface area contributed by atoms with E-state index in [-0.39, 0.29) is 17.4 Å². The fourth-order valence-corrected chi connectivity index (χ4v) is 4.68. The van der Waals surface area contributed by atoms with Gasteiger partial charge in [0.2, 0.25) is 5.91 Å². The molecule has 0 unspecified atom stereocenters. The molecule has 1 amide bonds. The van der Waals surface area contributed by atoms with E-state index in [1.807, 2.05) is 29.2 Å². The fraction of sp³-hybridized carbons (Fsp3) is 0.316. The van der Waals surface area contributed by atoms with Crippen molar-refractivity contribution >= 4 is 29.4 Å². The van der Waals surface area contributed by atoms with Crippen molar-refractivity contribution in [1.29, 1.82) is 0 Å². The van der Waals surface area contributed by atoms with Crippen molar-refractivity contribution in [2.45, 2.75) is 16.4 Å². The van der Waals surface area contributed by atoms with Crippen molar-refractivity contribution in [2.24, 2.45) is 0 Å². The van der Waals surface area contributed by atoms with Gasteiger partial charge in [0.25, 0.3) is 0 Å². The van der Waals surface area contributed by atoms with Crippen LogP contribution in [0.1, 0.15) is 10.9 Å². The largest absolute Gasteiger partial charge is 0.486 e. The van der Waals surface area contributed by atoms with E-state index in [2.05, 4.69) is 30.5 Å². The van der Waals surface area contributed by atoms with Gasteiger partial charge in [0.15, 0.2) is 17.6 Å². The smallest absolute Gasteiger partial charge is 0.233 e. The van der Waals surface area contributed by atoms with E-state index in [0.717, 1.165) is 17.1 Å². The van der Waals surface area contributed by atoms with E-state index in [9.17, 15) is 4.79 Å². The van der Waals surface area contributed by atoms with Crippen molar-refractivity contribution in [3.8, 4) is 11.5 Å². The van der Waals surface area contributed by atoms with Crippen LogP contribution in [0.3, 0.4) is 0 Å². The van der Waals surface area contributed by atoms with E-state index in [0.29, 0.717) is 18.9 Å². The summed E-state index contributed by atoms with van der Waals surface area (Å²) in [6, 6.07) is 16.1. The number of hydrogen-bond acceptors (Lipinski definition) is 5. The predicted octanol–water partition coefficient (Wildman–Crippen LogP) is 3.82. The molecule has 0 N–H and O–H groups in total. The highest BCUT2D eigenvalue weighted by Crippen LogP contribution is 2.40. The van der Waals surface area contributed by atoms with Crippen LogP contribution in [0.2, 0.25) is 0 Å². The number of nitrogens with zero attached hydrogens (tertiary/aromatic N) is 1. The maximum Gasteiger partial charge on any atom is 0.233 e. The zero-order valence-electron chi connectivity index (χ0n) is 13.9. The summed E-state index contributed by atoms with van der Waals surface area (Å²) in [7, 11) is 0. The summed E-state index contributed by atoms with van der Waals surface area (Å²) in [5.41, 5.74) is 1.16. The molecule has 4 nitrogen and oxygen atoms in total. The lowest BCUT2D eigenvalue weighted by Crippen LogP contribution is -2.42. The highest BCUT2D eigenvalue weighted by Gasteiger charge is 2.36. The van der Waals surface area contributed by atoms with Crippen LogP contribution in [0, 0.1) is 0 Å². The molecular weight excluding hydrogens is 354 g/mol. The van der Waals surface area contributed by atoms with Gasteiger partial charge in [0, 0.05) is 4.90 Å². The lowest BCUT2D eigenvalue weighted by molar-refractivity contribution is -0.129. The number of carbonyl (C=O) groups is 1. The number of para-hydroxylation sites is 2. The summed E-state index contributed by atoms with van der Waals surface area (Å²) in [4.78, 5) is 15.5. The second-order valence-electron chi connectivity index (χ2n) is 5.98. The highest BCUT2D eigenvalue weighted by atomic mass is 32.2. The number of amides is 1. The van der Waals surface area contributed by atoms with Gasteiger partial charge in [0.05, 0.1) is 12.3 Å². The van der Waals surface area contributed by atoms with Gasteiger partial charge in [-0.3, -0.25) is 4.79 Å². The van der Waals surface area contributed by atoms with E-state index in [4.69, 9.17) is 9.47 Å². The Labute approximate surface area is 155 Å². The SMILES string of the molecule is CSc1ccc([C@H]2SCC(=O)N2C[C@H]2COc3ccccc3O2)cc1. The third-order valence-electron chi connectivity index (χ3n) is 4.34. The third kappa shape index (κ3) is 3.46. The minimum absolute atomic E-state index is 0.0455. The Balaban J connectivity index is 1.49. The maximum absolute atomic E-state index is 12.4. The molecule has 2 heterocycles. The molecule has 0 bridgehead atoms. The van der Waals surface area contributed by atoms with Crippen molar-refractivity contribution in [2.75, 3.05) is 25.2 Å². The Morgan fingerprint density at radius 1 is 1.16 bits per heavy atom. The van der Waals surface area contributed by atoms with E-state index >= 15 is 0 Å². The summed E-state index contributed by atoms with van der Waals surface area (Å²) in [6.45, 7) is 0.999. The predicted molar refractivity (Wildman–Crippen MR) is 101 cm³/mol. The topological polar surface area (TPSA) is 38.8 Å². The number of thioether (sulfide) groups is 2. The Morgan fingerprint density at radius 2 is 1.92 bits per heavy atom. The lowest BCUT2D eigenvalue weighted by Gasteiger charge is -2.32. The molecule has 0 spiro atoms. The molecule has 25 heavy (non-hydrogen) atoms. The molecule has 1 saturated heterocycles. The Hall–Kier alpha value is -1.79. The molecule has 0 aromatic heterocycles. The van der Waals surface area contributed by atoms with Crippen LogP contribution in [-0.2, 0) is 4.79 Å². The second-order valence-corrected chi connectivity index (χ2v) is 7.93. The number of carbonyl (C=O) groups excluding carboxylic acids is 1. The van der Waals surface area contributed by atoms with Crippen LogP contribution in [0.5, 0.6) is 11.5 Å². The first-order valence-electron chi connectivity index (χ1n) is 8.18. The molecule has 4 rings (SSSR count). The summed E-state index contributed by atoms with van der Waals surface area (Å²) >= 11 is 3.39. The van der Waals surface area contributed by atoms with Gasteiger partial charge in [-0.2, -0.15) is 0 Å². The Morgan fingerprint density at radius 3 is 2.68 bits per heavy atom. The molecule has 6 heteroatoms. The van der Waals surface area contributed by atoms with Crippen molar-refractivity contribution < 1.29 is 14.3 Å². The van der Waals surface area contributed by atoms with Crippen molar-refractivity contribution in [3.63, 3.8) is 0 Å². The average molecular weight is 373 g/mol. The average Bonchev–Trinajstić information content (AvgIpc) is 3.02. The molecule has 2 aliphatic heterocycles. The monoisotopic (exact) mass is 373 g/mol. The molecule has 1 fully saturated rings. The van der Waals surface area contributed by atoms with E-state index in [1.165, 1.54) is 4.90 Å². The minimum atomic E-state index is -0.148. The van der Waals surface area contributed by atoms with Crippen LogP contribution >= 0.6 is 23.5 Å². The molecule has 2 aromatic carbocycles. The van der Waals surface area contributed by atoms with Gasteiger partial charge in [-0.1, -0.05) is 24.3 Å². The van der Waals surface area contributed by atoms with Crippen LogP contribution in [0.15, 0.2) is 53.4 Å². The summed E-state index contributed by atoms with van der Waals surface area (Å²) in [5, 5.41) is 0.0455. The number of fused-ring (bicyclic) bond motifs is 1. The zero-order valence-corrected chi connectivity index (χ0v) is 15.5. The number of hydrogen-bond donors (Lipinski definition) is 0. The molecule has 0 aliphatic carbocycles. The highest BCUT2D eigenvalue weighted by molar-refractivity contribution is 8.00. The number of rotatable bonds is 4. The first-order chi connectivity index (χ1) is 12.2. The van der Waals surface area contributed by atoms with Gasteiger partial charge >= 0.3 is 0 Å². The molecular formula is C19H19NO3S2. The molecule has 0 radical (unpaired) electrons. The fourth-order valence-electron chi connectivity index (χ4n) is 3.07. The molecule has 2 aliphatic rings. The van der Waals surface area contributed by atoms with Gasteiger partial charge in [-0.25, -0.2) is 0 Å². The van der Waals surface area contributed by atoms with Crippen LogP contribution in [0.25, 0.3) is 0 Å².